The molecule has 6 nitrogen and oxygen atoms in total. The van der Waals surface area contributed by atoms with Crippen molar-refractivity contribution in [1.29, 1.82) is 0 Å². The second-order valence-electron chi connectivity index (χ2n) is 6.31. The number of hydrogen-bond donors (Lipinski definition) is 2. The Kier molecular flexibility index (Phi) is 5.51. The summed E-state index contributed by atoms with van der Waals surface area (Å²) in [6.45, 7) is 3.32. The average Bonchev–Trinajstić information content (AvgIpc) is 3.18. The Morgan fingerprint density at radius 3 is 2.57 bits per heavy atom. The molecule has 1 amide bonds. The van der Waals surface area contributed by atoms with E-state index < -0.39 is 15.8 Å². The summed E-state index contributed by atoms with van der Waals surface area (Å²) in [5.74, 6) is -0.388. The van der Waals surface area contributed by atoms with Crippen molar-refractivity contribution in [3.05, 3.63) is 83.6 Å². The van der Waals surface area contributed by atoms with Gasteiger partial charge < -0.3 is 9.73 Å². The lowest BCUT2D eigenvalue weighted by Gasteiger charge is -2.13. The third kappa shape index (κ3) is 4.40. The molecule has 146 valence electrons. The van der Waals surface area contributed by atoms with Crippen molar-refractivity contribution in [3.8, 4) is 0 Å². The van der Waals surface area contributed by atoms with Crippen molar-refractivity contribution in [2.24, 2.45) is 0 Å². The third-order valence-corrected chi connectivity index (χ3v) is 5.53. The summed E-state index contributed by atoms with van der Waals surface area (Å²) in [6, 6.07) is 12.8. The molecule has 3 aromatic rings. The van der Waals surface area contributed by atoms with E-state index in [4.69, 9.17) is 4.42 Å². The van der Waals surface area contributed by atoms with Gasteiger partial charge in [0.15, 0.2) is 0 Å². The molecule has 0 aliphatic carbocycles. The number of benzene rings is 2. The molecule has 3 rings (SSSR count). The van der Waals surface area contributed by atoms with Gasteiger partial charge >= 0.3 is 0 Å². The first-order valence-electron chi connectivity index (χ1n) is 8.49. The lowest BCUT2D eigenvalue weighted by molar-refractivity contribution is 0.0935. The number of nitrogens with one attached hydrogen (secondary N) is 2. The highest BCUT2D eigenvalue weighted by atomic mass is 32.2. The van der Waals surface area contributed by atoms with Crippen molar-refractivity contribution in [1.82, 2.24) is 5.32 Å². The molecular weight excluding hydrogens is 383 g/mol. The van der Waals surface area contributed by atoms with Gasteiger partial charge in [0.2, 0.25) is 0 Å². The topological polar surface area (TPSA) is 88.4 Å². The quantitative estimate of drug-likeness (QED) is 0.652. The minimum atomic E-state index is -3.99. The number of anilines is 1. The van der Waals surface area contributed by atoms with Gasteiger partial charge in [0, 0.05) is 11.3 Å². The zero-order chi connectivity index (χ0) is 20.3. The van der Waals surface area contributed by atoms with Crippen molar-refractivity contribution < 1.29 is 22.0 Å². The SMILES string of the molecule is Cc1ccc(S(=O)(=O)Nc2cccc(C(=O)N[C@H](C)c3ccco3)c2)cc1F. The highest BCUT2D eigenvalue weighted by molar-refractivity contribution is 7.92. The molecule has 28 heavy (non-hydrogen) atoms. The number of halogens is 1. The van der Waals surface area contributed by atoms with E-state index in [-0.39, 0.29) is 28.1 Å². The molecule has 0 spiro atoms. The fourth-order valence-corrected chi connectivity index (χ4v) is 3.63. The summed E-state index contributed by atoms with van der Waals surface area (Å²) in [4.78, 5) is 12.2. The Labute approximate surface area is 162 Å². The first-order valence-corrected chi connectivity index (χ1v) is 9.98. The van der Waals surface area contributed by atoms with Crippen molar-refractivity contribution >= 4 is 21.6 Å². The molecule has 2 N–H and O–H groups in total. The van der Waals surface area contributed by atoms with Crippen LogP contribution in [0.5, 0.6) is 0 Å². The Hall–Kier alpha value is -3.13. The second-order valence-corrected chi connectivity index (χ2v) is 7.99. The summed E-state index contributed by atoms with van der Waals surface area (Å²) >= 11 is 0. The van der Waals surface area contributed by atoms with Gasteiger partial charge in [-0.25, -0.2) is 12.8 Å². The number of hydrogen-bond acceptors (Lipinski definition) is 4. The fourth-order valence-electron chi connectivity index (χ4n) is 2.57. The lowest BCUT2D eigenvalue weighted by atomic mass is 10.1. The molecule has 1 atom stereocenters. The summed E-state index contributed by atoms with van der Waals surface area (Å²) in [5.41, 5.74) is 0.816. The van der Waals surface area contributed by atoms with E-state index in [1.807, 2.05) is 0 Å². The van der Waals surface area contributed by atoms with Crippen molar-refractivity contribution in [2.45, 2.75) is 24.8 Å². The van der Waals surface area contributed by atoms with Gasteiger partial charge in [0.25, 0.3) is 15.9 Å². The van der Waals surface area contributed by atoms with Crippen LogP contribution >= 0.6 is 0 Å². The predicted molar refractivity (Wildman–Crippen MR) is 103 cm³/mol. The third-order valence-electron chi connectivity index (χ3n) is 4.15. The van der Waals surface area contributed by atoms with Gasteiger partial charge in [0.05, 0.1) is 17.2 Å². The summed E-state index contributed by atoms with van der Waals surface area (Å²) in [5, 5.41) is 2.77. The molecule has 0 fully saturated rings. The maximum atomic E-state index is 13.7. The van der Waals surface area contributed by atoms with Crippen LogP contribution in [0.4, 0.5) is 10.1 Å². The number of furan rings is 1. The van der Waals surface area contributed by atoms with Crippen LogP contribution in [0, 0.1) is 12.7 Å². The number of sulfonamides is 1. The molecule has 0 aliphatic rings. The van der Waals surface area contributed by atoms with E-state index in [1.165, 1.54) is 30.5 Å². The van der Waals surface area contributed by atoms with E-state index in [2.05, 4.69) is 10.0 Å². The monoisotopic (exact) mass is 402 g/mol. The summed E-state index contributed by atoms with van der Waals surface area (Å²) < 4.78 is 46.3. The van der Waals surface area contributed by atoms with Crippen LogP contribution in [0.25, 0.3) is 0 Å². The van der Waals surface area contributed by atoms with Crippen LogP contribution in [0.3, 0.4) is 0 Å². The molecule has 1 aromatic heterocycles. The van der Waals surface area contributed by atoms with E-state index in [0.717, 1.165) is 6.07 Å². The predicted octanol–water partition coefficient (Wildman–Crippen LogP) is 4.02. The Morgan fingerprint density at radius 1 is 1.11 bits per heavy atom. The second kappa shape index (κ2) is 7.85. The average molecular weight is 402 g/mol. The van der Waals surface area contributed by atoms with E-state index in [0.29, 0.717) is 11.3 Å². The highest BCUT2D eigenvalue weighted by Gasteiger charge is 2.18. The maximum absolute atomic E-state index is 13.7. The summed E-state index contributed by atoms with van der Waals surface area (Å²) in [6.07, 6.45) is 1.52. The Balaban J connectivity index is 1.77. The Morgan fingerprint density at radius 2 is 1.89 bits per heavy atom. The number of rotatable bonds is 6. The minimum Gasteiger partial charge on any atom is -0.467 e. The number of carbonyl (C=O) groups is 1. The Bertz CT molecular complexity index is 1100. The molecule has 1 heterocycles. The standard InChI is InChI=1S/C20H19FN2O4S/c1-13-8-9-17(12-18(13)21)28(25,26)23-16-6-3-5-15(11-16)20(24)22-14(2)19-7-4-10-27-19/h3-12,14,23H,1-2H3,(H,22,24)/t14-/m1/s1. The normalized spacial score (nSPS) is 12.4. The molecule has 0 saturated carbocycles. The smallest absolute Gasteiger partial charge is 0.261 e. The van der Waals surface area contributed by atoms with Crippen molar-refractivity contribution in [3.63, 3.8) is 0 Å². The molecule has 8 heteroatoms. The van der Waals surface area contributed by atoms with Crippen LogP contribution in [-0.4, -0.2) is 14.3 Å². The molecule has 0 saturated heterocycles. The zero-order valence-electron chi connectivity index (χ0n) is 15.3. The molecule has 0 radical (unpaired) electrons. The van der Waals surface area contributed by atoms with Gasteiger partial charge in [0.1, 0.15) is 11.6 Å². The van der Waals surface area contributed by atoms with Crippen LogP contribution in [0.2, 0.25) is 0 Å². The van der Waals surface area contributed by atoms with E-state index in [1.54, 1.807) is 38.1 Å². The molecule has 0 aliphatic heterocycles. The van der Waals surface area contributed by atoms with Gasteiger partial charge in [-0.15, -0.1) is 0 Å². The first-order chi connectivity index (χ1) is 13.3. The van der Waals surface area contributed by atoms with Gasteiger partial charge in [-0.05, 0) is 61.9 Å². The highest BCUT2D eigenvalue weighted by Crippen LogP contribution is 2.20. The zero-order valence-corrected chi connectivity index (χ0v) is 16.1. The number of amides is 1. The van der Waals surface area contributed by atoms with Crippen LogP contribution in [0.1, 0.15) is 34.6 Å². The summed E-state index contributed by atoms with van der Waals surface area (Å²) in [7, 11) is -3.99. The van der Waals surface area contributed by atoms with Crippen molar-refractivity contribution in [2.75, 3.05) is 4.72 Å². The van der Waals surface area contributed by atoms with Crippen LogP contribution < -0.4 is 10.0 Å². The van der Waals surface area contributed by atoms with Gasteiger partial charge in [-0.1, -0.05) is 12.1 Å². The molecular formula is C20H19FN2O4S. The van der Waals surface area contributed by atoms with E-state index in [9.17, 15) is 17.6 Å². The largest absolute Gasteiger partial charge is 0.467 e. The van der Waals surface area contributed by atoms with Crippen LogP contribution in [0.15, 0.2) is 70.2 Å². The lowest BCUT2D eigenvalue weighted by Crippen LogP contribution is -2.26. The number of aryl methyl sites for hydroxylation is 1. The fraction of sp³-hybridized carbons (Fsp3) is 0.150. The molecule has 0 unspecified atom stereocenters. The maximum Gasteiger partial charge on any atom is 0.261 e. The molecule has 2 aromatic carbocycles. The van der Waals surface area contributed by atoms with Gasteiger partial charge in [-0.2, -0.15) is 0 Å². The number of carbonyl (C=O) groups excluding carboxylic acids is 1. The van der Waals surface area contributed by atoms with Crippen LogP contribution in [-0.2, 0) is 10.0 Å². The van der Waals surface area contributed by atoms with E-state index >= 15 is 0 Å². The van der Waals surface area contributed by atoms with Gasteiger partial charge in [-0.3, -0.25) is 9.52 Å². The molecule has 0 bridgehead atoms. The first kappa shape index (κ1) is 19.6. The minimum absolute atomic E-state index is 0.194.